The van der Waals surface area contributed by atoms with Gasteiger partial charge in [0.1, 0.15) is 5.75 Å². The first-order valence-corrected chi connectivity index (χ1v) is 9.55. The molecule has 8 heteroatoms. The van der Waals surface area contributed by atoms with E-state index in [1.807, 2.05) is 24.3 Å². The van der Waals surface area contributed by atoms with Crippen LogP contribution in [-0.4, -0.2) is 37.3 Å². The highest BCUT2D eigenvalue weighted by Gasteiger charge is 2.09. The first-order valence-electron chi connectivity index (χ1n) is 8.56. The molecule has 7 nitrogen and oxygen atoms in total. The van der Waals surface area contributed by atoms with Crippen molar-refractivity contribution in [2.75, 3.05) is 30.1 Å². The van der Waals surface area contributed by atoms with Gasteiger partial charge in [-0.05, 0) is 42.5 Å². The van der Waals surface area contributed by atoms with E-state index < -0.39 is 11.9 Å². The summed E-state index contributed by atoms with van der Waals surface area (Å²) in [5.41, 5.74) is 1.18. The number of hydrogen-bond acceptors (Lipinski definition) is 6. The lowest BCUT2D eigenvalue weighted by atomic mass is 10.2. The van der Waals surface area contributed by atoms with Crippen molar-refractivity contribution in [2.24, 2.45) is 0 Å². The molecule has 0 unspecified atom stereocenters. The molecule has 148 valence electrons. The first-order chi connectivity index (χ1) is 13.5. The van der Waals surface area contributed by atoms with Crippen LogP contribution in [-0.2, 0) is 19.1 Å². The molecule has 0 aliphatic carbocycles. The molecule has 2 rings (SSSR count). The molecule has 0 radical (unpaired) electrons. The zero-order chi connectivity index (χ0) is 20.4. The van der Waals surface area contributed by atoms with E-state index in [1.165, 1.54) is 18.7 Å². The van der Waals surface area contributed by atoms with E-state index in [0.717, 1.165) is 10.6 Å². The van der Waals surface area contributed by atoms with Gasteiger partial charge in [0, 0.05) is 28.9 Å². The molecule has 0 spiro atoms. The fraction of sp³-hybridized carbons (Fsp3) is 0.250. The van der Waals surface area contributed by atoms with Crippen LogP contribution in [0.5, 0.6) is 5.75 Å². The summed E-state index contributed by atoms with van der Waals surface area (Å²) in [6, 6.07) is 14.2. The maximum Gasteiger partial charge on any atom is 0.307 e. The zero-order valence-corrected chi connectivity index (χ0v) is 16.5. The molecule has 0 heterocycles. The summed E-state index contributed by atoms with van der Waals surface area (Å²) in [5, 5.41) is 5.26. The maximum absolute atomic E-state index is 11.9. The number of anilines is 2. The van der Waals surface area contributed by atoms with Crippen molar-refractivity contribution in [3.05, 3.63) is 48.5 Å². The van der Waals surface area contributed by atoms with Gasteiger partial charge in [0.15, 0.2) is 6.61 Å². The fourth-order valence-corrected chi connectivity index (χ4v) is 3.08. The third-order valence-electron chi connectivity index (χ3n) is 3.47. The number of thioether (sulfide) groups is 1. The van der Waals surface area contributed by atoms with E-state index >= 15 is 0 Å². The van der Waals surface area contributed by atoms with E-state index in [2.05, 4.69) is 10.6 Å². The third kappa shape index (κ3) is 7.71. The number of carbonyl (C=O) groups is 3. The summed E-state index contributed by atoms with van der Waals surface area (Å²) in [5.74, 6) is 0.258. The highest BCUT2D eigenvalue weighted by atomic mass is 32.2. The molecule has 2 N–H and O–H groups in total. The fourth-order valence-electron chi connectivity index (χ4n) is 2.20. The Morgan fingerprint density at radius 3 is 2.32 bits per heavy atom. The number of amides is 2. The van der Waals surface area contributed by atoms with Crippen molar-refractivity contribution < 1.29 is 23.9 Å². The second kappa shape index (κ2) is 11.0. The van der Waals surface area contributed by atoms with Gasteiger partial charge in [-0.3, -0.25) is 14.4 Å². The molecular weight excluding hydrogens is 380 g/mol. The Labute approximate surface area is 167 Å². The molecule has 0 atom stereocenters. The second-order valence-corrected chi connectivity index (χ2v) is 6.91. The van der Waals surface area contributed by atoms with Crippen LogP contribution in [0.1, 0.15) is 13.3 Å². The van der Waals surface area contributed by atoms with Crippen LogP contribution < -0.4 is 15.4 Å². The smallest absolute Gasteiger partial charge is 0.307 e. The Kier molecular flexibility index (Phi) is 8.36. The lowest BCUT2D eigenvalue weighted by molar-refractivity contribution is -0.146. The standard InChI is InChI=1S/C20H22N2O5S/c1-14(23)21-15-6-8-16(9-7-15)22-19(24)13-27-20(25)10-11-28-18-5-3-4-17(12-18)26-2/h3-9,12H,10-11,13H2,1-2H3,(H,21,23)(H,22,24). The molecule has 0 bridgehead atoms. The van der Waals surface area contributed by atoms with Crippen LogP contribution in [0.3, 0.4) is 0 Å². The van der Waals surface area contributed by atoms with Crippen LogP contribution in [0.25, 0.3) is 0 Å². The van der Waals surface area contributed by atoms with E-state index in [4.69, 9.17) is 9.47 Å². The summed E-state index contributed by atoms with van der Waals surface area (Å²) in [6.07, 6.45) is 0.195. The Bertz CT molecular complexity index is 824. The highest BCUT2D eigenvalue weighted by molar-refractivity contribution is 7.99. The normalized spacial score (nSPS) is 10.1. The zero-order valence-electron chi connectivity index (χ0n) is 15.7. The predicted octanol–water partition coefficient (Wildman–Crippen LogP) is 3.32. The number of esters is 1. The van der Waals surface area contributed by atoms with Crippen molar-refractivity contribution in [1.29, 1.82) is 0 Å². The minimum absolute atomic E-state index is 0.173. The van der Waals surface area contributed by atoms with E-state index in [1.54, 1.807) is 31.4 Å². The summed E-state index contributed by atoms with van der Waals surface area (Å²) < 4.78 is 10.1. The largest absolute Gasteiger partial charge is 0.497 e. The van der Waals surface area contributed by atoms with Crippen LogP contribution in [0.4, 0.5) is 11.4 Å². The first kappa shape index (κ1) is 21.3. The van der Waals surface area contributed by atoms with Gasteiger partial charge in [-0.1, -0.05) is 6.07 Å². The van der Waals surface area contributed by atoms with Gasteiger partial charge < -0.3 is 20.1 Å². The van der Waals surface area contributed by atoms with Crippen molar-refractivity contribution in [2.45, 2.75) is 18.2 Å². The Hall–Kier alpha value is -3.00. The minimum Gasteiger partial charge on any atom is -0.497 e. The lowest BCUT2D eigenvalue weighted by Gasteiger charge is -2.08. The number of rotatable bonds is 9. The third-order valence-corrected chi connectivity index (χ3v) is 4.46. The van der Waals surface area contributed by atoms with E-state index in [9.17, 15) is 14.4 Å². The summed E-state index contributed by atoms with van der Waals surface area (Å²) >= 11 is 1.51. The van der Waals surface area contributed by atoms with E-state index in [-0.39, 0.29) is 18.9 Å². The van der Waals surface area contributed by atoms with Gasteiger partial charge in [-0.15, -0.1) is 11.8 Å². The van der Waals surface area contributed by atoms with Gasteiger partial charge in [0.2, 0.25) is 5.91 Å². The quantitative estimate of drug-likeness (QED) is 0.494. The molecule has 2 amide bonds. The van der Waals surface area contributed by atoms with Crippen LogP contribution in [0, 0.1) is 0 Å². The molecule has 0 fully saturated rings. The molecule has 0 saturated carbocycles. The minimum atomic E-state index is -0.438. The number of ether oxygens (including phenoxy) is 2. The number of hydrogen-bond donors (Lipinski definition) is 2. The van der Waals surface area contributed by atoms with Gasteiger partial charge in [0.25, 0.3) is 5.91 Å². The predicted molar refractivity (Wildman–Crippen MR) is 109 cm³/mol. The summed E-state index contributed by atoms with van der Waals surface area (Å²) in [4.78, 5) is 35.6. The van der Waals surface area contributed by atoms with Crippen molar-refractivity contribution in [1.82, 2.24) is 0 Å². The van der Waals surface area contributed by atoms with E-state index in [0.29, 0.717) is 17.1 Å². The molecule has 2 aromatic rings. The molecule has 28 heavy (non-hydrogen) atoms. The average Bonchev–Trinajstić information content (AvgIpc) is 2.68. The van der Waals surface area contributed by atoms with Gasteiger partial charge in [-0.2, -0.15) is 0 Å². The number of benzene rings is 2. The Balaban J connectivity index is 1.67. The molecule has 0 aliphatic rings. The van der Waals surface area contributed by atoms with Crippen molar-refractivity contribution >= 4 is 40.9 Å². The van der Waals surface area contributed by atoms with Crippen molar-refractivity contribution in [3.63, 3.8) is 0 Å². The van der Waals surface area contributed by atoms with Crippen molar-refractivity contribution in [3.8, 4) is 5.75 Å². The summed E-state index contributed by atoms with van der Waals surface area (Å²) in [6.45, 7) is 1.06. The molecule has 0 saturated heterocycles. The van der Waals surface area contributed by atoms with Gasteiger partial charge in [-0.25, -0.2) is 0 Å². The maximum atomic E-state index is 11.9. The van der Waals surface area contributed by atoms with Crippen LogP contribution >= 0.6 is 11.8 Å². The SMILES string of the molecule is COc1cccc(SCCC(=O)OCC(=O)Nc2ccc(NC(C)=O)cc2)c1. The highest BCUT2D eigenvalue weighted by Crippen LogP contribution is 2.23. The van der Waals surface area contributed by atoms with Gasteiger partial charge >= 0.3 is 5.97 Å². The van der Waals surface area contributed by atoms with Crippen LogP contribution in [0.15, 0.2) is 53.4 Å². The second-order valence-electron chi connectivity index (χ2n) is 5.74. The number of carbonyl (C=O) groups excluding carboxylic acids is 3. The lowest BCUT2D eigenvalue weighted by Crippen LogP contribution is -2.21. The Morgan fingerprint density at radius 2 is 1.68 bits per heavy atom. The topological polar surface area (TPSA) is 93.7 Å². The average molecular weight is 402 g/mol. The Morgan fingerprint density at radius 1 is 1.00 bits per heavy atom. The van der Waals surface area contributed by atoms with Crippen LogP contribution in [0.2, 0.25) is 0 Å². The molecule has 2 aromatic carbocycles. The molecule has 0 aromatic heterocycles. The number of nitrogens with one attached hydrogen (secondary N) is 2. The van der Waals surface area contributed by atoms with Gasteiger partial charge in [0.05, 0.1) is 13.5 Å². The summed E-state index contributed by atoms with van der Waals surface area (Å²) in [7, 11) is 1.60. The monoisotopic (exact) mass is 402 g/mol. The molecular formula is C20H22N2O5S. The number of methoxy groups -OCH3 is 1. The molecule has 0 aliphatic heterocycles.